The lowest BCUT2D eigenvalue weighted by Crippen LogP contribution is -2.47. The van der Waals surface area contributed by atoms with Crippen LogP contribution in [0.25, 0.3) is 0 Å². The van der Waals surface area contributed by atoms with Crippen LogP contribution in [0.2, 0.25) is 0 Å². The van der Waals surface area contributed by atoms with Crippen molar-refractivity contribution in [3.8, 4) is 5.75 Å². The fourth-order valence-electron chi connectivity index (χ4n) is 3.29. The van der Waals surface area contributed by atoms with Gasteiger partial charge in [0.1, 0.15) is 12.3 Å². The summed E-state index contributed by atoms with van der Waals surface area (Å²) in [5, 5.41) is 2.96. The van der Waals surface area contributed by atoms with Crippen LogP contribution in [-0.2, 0) is 9.59 Å². The average molecular weight is 419 g/mol. The molecule has 3 aromatic carbocycles. The first-order chi connectivity index (χ1) is 14.5. The Morgan fingerprint density at radius 3 is 2.60 bits per heavy atom. The molecule has 0 bridgehead atoms. The minimum absolute atomic E-state index is 0.0761. The molecule has 30 heavy (non-hydrogen) atoms. The smallest absolute Gasteiger partial charge is 0.268 e. The van der Waals surface area contributed by atoms with Crippen molar-refractivity contribution in [2.45, 2.75) is 29.7 Å². The Morgan fingerprint density at radius 2 is 1.80 bits per heavy atom. The van der Waals surface area contributed by atoms with Gasteiger partial charge in [-0.05, 0) is 55.8 Å². The van der Waals surface area contributed by atoms with E-state index in [0.29, 0.717) is 11.4 Å². The second-order valence-corrected chi connectivity index (χ2v) is 8.23. The number of nitrogens with one attached hydrogen (secondary N) is 1. The number of hydrogen-bond acceptors (Lipinski definition) is 4. The van der Waals surface area contributed by atoms with E-state index in [-0.39, 0.29) is 18.4 Å². The Hall–Kier alpha value is -3.25. The number of fused-ring (bicyclic) bond motifs is 1. The molecule has 2 amide bonds. The number of ether oxygens (including phenoxy) is 1. The van der Waals surface area contributed by atoms with Gasteiger partial charge in [0.2, 0.25) is 5.91 Å². The standard InChI is InChI=1S/C24H22N2O3S/c1-16-12-13-21-20(14-16)26(24(28)17(2)29-21)15-23(27)25-19-10-6-7-11-22(19)30-18-8-4-3-5-9-18/h3-14,17H,15H2,1-2H3,(H,25,27). The molecular formula is C24H22N2O3S. The van der Waals surface area contributed by atoms with Crippen LogP contribution in [0.4, 0.5) is 11.4 Å². The number of amides is 2. The van der Waals surface area contributed by atoms with Crippen molar-refractivity contribution in [3.63, 3.8) is 0 Å². The molecule has 152 valence electrons. The molecule has 6 heteroatoms. The van der Waals surface area contributed by atoms with Gasteiger partial charge in [0.25, 0.3) is 5.91 Å². The number of hydrogen-bond donors (Lipinski definition) is 1. The molecule has 1 aliphatic heterocycles. The highest BCUT2D eigenvalue weighted by Crippen LogP contribution is 2.35. The van der Waals surface area contributed by atoms with Crippen molar-refractivity contribution in [2.24, 2.45) is 0 Å². The number of para-hydroxylation sites is 1. The SMILES string of the molecule is Cc1ccc2c(c1)N(CC(=O)Nc1ccccc1Sc1ccccc1)C(=O)C(C)O2. The molecule has 1 unspecified atom stereocenters. The number of anilines is 2. The molecule has 4 rings (SSSR count). The molecule has 1 aliphatic rings. The van der Waals surface area contributed by atoms with Crippen molar-refractivity contribution in [1.29, 1.82) is 0 Å². The highest BCUT2D eigenvalue weighted by atomic mass is 32.2. The van der Waals surface area contributed by atoms with Gasteiger partial charge in [0, 0.05) is 9.79 Å². The van der Waals surface area contributed by atoms with E-state index in [1.54, 1.807) is 18.7 Å². The van der Waals surface area contributed by atoms with Gasteiger partial charge >= 0.3 is 0 Å². The molecular weight excluding hydrogens is 396 g/mol. The molecule has 1 atom stereocenters. The van der Waals surface area contributed by atoms with Gasteiger partial charge in [-0.25, -0.2) is 0 Å². The third kappa shape index (κ3) is 4.33. The van der Waals surface area contributed by atoms with Crippen LogP contribution >= 0.6 is 11.8 Å². The van der Waals surface area contributed by atoms with Crippen LogP contribution in [0.3, 0.4) is 0 Å². The summed E-state index contributed by atoms with van der Waals surface area (Å²) in [4.78, 5) is 29.1. The molecule has 5 nitrogen and oxygen atoms in total. The molecule has 0 saturated heterocycles. The van der Waals surface area contributed by atoms with Crippen molar-refractivity contribution in [2.75, 3.05) is 16.8 Å². The number of aryl methyl sites for hydroxylation is 1. The fourth-order valence-corrected chi connectivity index (χ4v) is 4.21. The lowest BCUT2D eigenvalue weighted by atomic mass is 10.1. The van der Waals surface area contributed by atoms with Crippen LogP contribution in [0.1, 0.15) is 12.5 Å². The van der Waals surface area contributed by atoms with E-state index in [1.807, 2.05) is 79.7 Å². The van der Waals surface area contributed by atoms with Gasteiger partial charge in [0.15, 0.2) is 6.10 Å². The Kier molecular flexibility index (Phi) is 5.77. The van der Waals surface area contributed by atoms with E-state index in [9.17, 15) is 9.59 Å². The molecule has 1 heterocycles. The first kappa shape index (κ1) is 20.0. The first-order valence-corrected chi connectivity index (χ1v) is 10.5. The quantitative estimate of drug-likeness (QED) is 0.640. The zero-order valence-corrected chi connectivity index (χ0v) is 17.6. The maximum atomic E-state index is 12.9. The van der Waals surface area contributed by atoms with Crippen LogP contribution in [-0.4, -0.2) is 24.5 Å². The fraction of sp³-hybridized carbons (Fsp3) is 0.167. The predicted molar refractivity (Wildman–Crippen MR) is 119 cm³/mol. The highest BCUT2D eigenvalue weighted by molar-refractivity contribution is 7.99. The van der Waals surface area contributed by atoms with Crippen molar-refractivity contribution < 1.29 is 14.3 Å². The first-order valence-electron chi connectivity index (χ1n) is 9.72. The molecule has 0 aromatic heterocycles. The van der Waals surface area contributed by atoms with E-state index < -0.39 is 6.10 Å². The second-order valence-electron chi connectivity index (χ2n) is 7.12. The predicted octanol–water partition coefficient (Wildman–Crippen LogP) is 4.90. The maximum absolute atomic E-state index is 12.9. The van der Waals surface area contributed by atoms with Crippen molar-refractivity contribution in [3.05, 3.63) is 78.4 Å². The van der Waals surface area contributed by atoms with Gasteiger partial charge < -0.3 is 10.1 Å². The third-order valence-electron chi connectivity index (χ3n) is 4.76. The summed E-state index contributed by atoms with van der Waals surface area (Å²) in [6, 6.07) is 23.3. The number of benzene rings is 3. The van der Waals surface area contributed by atoms with Crippen molar-refractivity contribution >= 4 is 35.0 Å². The largest absolute Gasteiger partial charge is 0.479 e. The summed E-state index contributed by atoms with van der Waals surface area (Å²) >= 11 is 1.58. The van der Waals surface area contributed by atoms with E-state index in [0.717, 1.165) is 21.0 Å². The summed E-state index contributed by atoms with van der Waals surface area (Å²) in [6.45, 7) is 3.56. The second kappa shape index (κ2) is 8.63. The summed E-state index contributed by atoms with van der Waals surface area (Å²) in [5.74, 6) is 0.127. The van der Waals surface area contributed by atoms with Gasteiger partial charge in [-0.3, -0.25) is 14.5 Å². The summed E-state index contributed by atoms with van der Waals surface area (Å²) in [7, 11) is 0. The lowest BCUT2D eigenvalue weighted by Gasteiger charge is -2.32. The van der Waals surface area contributed by atoms with Gasteiger partial charge in [-0.15, -0.1) is 0 Å². The normalized spacial score (nSPS) is 15.3. The average Bonchev–Trinajstić information content (AvgIpc) is 2.74. The number of carbonyl (C=O) groups is 2. The Bertz CT molecular complexity index is 1080. The van der Waals surface area contributed by atoms with Crippen LogP contribution in [0.15, 0.2) is 82.6 Å². The minimum atomic E-state index is -0.631. The summed E-state index contributed by atoms with van der Waals surface area (Å²) in [6.07, 6.45) is -0.631. The number of rotatable bonds is 5. The molecule has 1 N–H and O–H groups in total. The van der Waals surface area contributed by atoms with E-state index in [1.165, 1.54) is 4.90 Å². The van der Waals surface area contributed by atoms with E-state index in [4.69, 9.17) is 4.74 Å². The third-order valence-corrected chi connectivity index (χ3v) is 5.84. The van der Waals surface area contributed by atoms with E-state index >= 15 is 0 Å². The van der Waals surface area contributed by atoms with Crippen LogP contribution in [0.5, 0.6) is 5.75 Å². The zero-order chi connectivity index (χ0) is 21.1. The lowest BCUT2D eigenvalue weighted by molar-refractivity contribution is -0.127. The molecule has 0 saturated carbocycles. The van der Waals surface area contributed by atoms with Gasteiger partial charge in [-0.1, -0.05) is 48.2 Å². The van der Waals surface area contributed by atoms with E-state index in [2.05, 4.69) is 5.32 Å². The maximum Gasteiger partial charge on any atom is 0.268 e. The molecule has 0 radical (unpaired) electrons. The van der Waals surface area contributed by atoms with Crippen LogP contribution < -0.4 is 15.0 Å². The molecule has 0 aliphatic carbocycles. The topological polar surface area (TPSA) is 58.6 Å². The molecule has 3 aromatic rings. The van der Waals surface area contributed by atoms with Crippen LogP contribution in [0, 0.1) is 6.92 Å². The molecule has 0 spiro atoms. The highest BCUT2D eigenvalue weighted by Gasteiger charge is 2.32. The number of nitrogens with zero attached hydrogens (tertiary/aromatic N) is 1. The Labute approximate surface area is 180 Å². The minimum Gasteiger partial charge on any atom is -0.479 e. The summed E-state index contributed by atoms with van der Waals surface area (Å²) in [5.41, 5.74) is 2.34. The zero-order valence-electron chi connectivity index (χ0n) is 16.8. The Morgan fingerprint density at radius 1 is 1.07 bits per heavy atom. The van der Waals surface area contributed by atoms with Gasteiger partial charge in [-0.2, -0.15) is 0 Å². The molecule has 0 fully saturated rings. The van der Waals surface area contributed by atoms with Crippen molar-refractivity contribution in [1.82, 2.24) is 0 Å². The van der Waals surface area contributed by atoms with Gasteiger partial charge in [0.05, 0.1) is 11.4 Å². The summed E-state index contributed by atoms with van der Waals surface area (Å²) < 4.78 is 5.69. The monoisotopic (exact) mass is 418 g/mol. The Balaban J connectivity index is 1.53. The number of carbonyl (C=O) groups excluding carboxylic acids is 2.